The van der Waals surface area contributed by atoms with Gasteiger partial charge in [-0.1, -0.05) is 23.2 Å². The van der Waals surface area contributed by atoms with Crippen molar-refractivity contribution >= 4 is 40.7 Å². The average molecular weight is 354 g/mol. The van der Waals surface area contributed by atoms with Gasteiger partial charge in [0.2, 0.25) is 5.95 Å². The van der Waals surface area contributed by atoms with Gasteiger partial charge in [-0.25, -0.2) is 4.98 Å². The molecule has 0 aliphatic carbocycles. The van der Waals surface area contributed by atoms with Crippen molar-refractivity contribution < 1.29 is 0 Å². The summed E-state index contributed by atoms with van der Waals surface area (Å²) < 4.78 is 0. The summed E-state index contributed by atoms with van der Waals surface area (Å²) in [5, 5.41) is 7.61. The van der Waals surface area contributed by atoms with Gasteiger partial charge in [-0.15, -0.1) is 0 Å². The van der Waals surface area contributed by atoms with Gasteiger partial charge in [-0.3, -0.25) is 0 Å². The van der Waals surface area contributed by atoms with Gasteiger partial charge < -0.3 is 15.5 Å². The lowest BCUT2D eigenvalue weighted by Gasteiger charge is -2.12. The molecule has 1 aromatic carbocycles. The van der Waals surface area contributed by atoms with Crippen LogP contribution in [-0.4, -0.2) is 42.1 Å². The van der Waals surface area contributed by atoms with Crippen molar-refractivity contribution in [3.8, 4) is 0 Å². The van der Waals surface area contributed by atoms with Crippen LogP contribution >= 0.6 is 23.2 Å². The SMILES string of the molecule is Cc1cc(NCCCN(C)C)nc(Nc2cc(Cl)ccc2Cl)n1. The molecule has 1 heterocycles. The van der Waals surface area contributed by atoms with Crippen molar-refractivity contribution in [3.63, 3.8) is 0 Å². The third-order valence-electron chi connectivity index (χ3n) is 3.12. The van der Waals surface area contributed by atoms with Crippen LogP contribution in [0.2, 0.25) is 10.0 Å². The van der Waals surface area contributed by atoms with E-state index >= 15 is 0 Å². The molecule has 7 heteroatoms. The summed E-state index contributed by atoms with van der Waals surface area (Å²) >= 11 is 12.2. The summed E-state index contributed by atoms with van der Waals surface area (Å²) in [6.07, 6.45) is 1.04. The molecule has 23 heavy (non-hydrogen) atoms. The molecule has 0 radical (unpaired) electrons. The summed E-state index contributed by atoms with van der Waals surface area (Å²) in [6.45, 7) is 3.81. The minimum Gasteiger partial charge on any atom is -0.370 e. The number of benzene rings is 1. The molecular formula is C16H21Cl2N5. The number of hydrogen-bond acceptors (Lipinski definition) is 5. The molecule has 124 valence electrons. The molecule has 2 rings (SSSR count). The largest absolute Gasteiger partial charge is 0.370 e. The van der Waals surface area contributed by atoms with E-state index < -0.39 is 0 Å². The molecule has 0 fully saturated rings. The van der Waals surface area contributed by atoms with E-state index in [1.807, 2.05) is 13.0 Å². The maximum atomic E-state index is 6.16. The van der Waals surface area contributed by atoms with Gasteiger partial charge in [0.25, 0.3) is 0 Å². The maximum absolute atomic E-state index is 6.16. The average Bonchev–Trinajstić information content (AvgIpc) is 2.47. The molecule has 0 atom stereocenters. The van der Waals surface area contributed by atoms with Crippen LogP contribution in [0.3, 0.4) is 0 Å². The number of nitrogens with zero attached hydrogens (tertiary/aromatic N) is 3. The van der Waals surface area contributed by atoms with Crippen molar-refractivity contribution in [1.29, 1.82) is 0 Å². The van der Waals surface area contributed by atoms with Gasteiger partial charge in [0.1, 0.15) is 5.82 Å². The van der Waals surface area contributed by atoms with Crippen LogP contribution in [0.25, 0.3) is 0 Å². The fraction of sp³-hybridized carbons (Fsp3) is 0.375. The van der Waals surface area contributed by atoms with Crippen molar-refractivity contribution in [2.45, 2.75) is 13.3 Å². The van der Waals surface area contributed by atoms with Crippen molar-refractivity contribution in [2.24, 2.45) is 0 Å². The predicted octanol–water partition coefficient (Wildman–Crippen LogP) is 4.20. The lowest BCUT2D eigenvalue weighted by molar-refractivity contribution is 0.405. The lowest BCUT2D eigenvalue weighted by atomic mass is 10.3. The standard InChI is InChI=1S/C16H21Cl2N5/c1-11-9-15(19-7-4-8-23(2)3)22-16(20-11)21-14-10-12(17)5-6-13(14)18/h5-6,9-10H,4,7-8H2,1-3H3,(H2,19,20,21,22). The molecule has 5 nitrogen and oxygen atoms in total. The molecule has 0 saturated carbocycles. The number of nitrogens with one attached hydrogen (secondary N) is 2. The zero-order valence-electron chi connectivity index (χ0n) is 13.5. The van der Waals surface area contributed by atoms with Crippen molar-refractivity contribution in [1.82, 2.24) is 14.9 Å². The summed E-state index contributed by atoms with van der Waals surface area (Å²) in [6, 6.07) is 7.15. The van der Waals surface area contributed by atoms with Crippen LogP contribution in [0.4, 0.5) is 17.5 Å². The summed E-state index contributed by atoms with van der Waals surface area (Å²) in [5.41, 5.74) is 1.55. The van der Waals surface area contributed by atoms with Crippen LogP contribution in [0.15, 0.2) is 24.3 Å². The van der Waals surface area contributed by atoms with E-state index in [0.29, 0.717) is 21.7 Å². The molecule has 2 aromatic rings. The number of aryl methyl sites for hydroxylation is 1. The van der Waals surface area contributed by atoms with E-state index in [0.717, 1.165) is 31.0 Å². The van der Waals surface area contributed by atoms with Crippen LogP contribution in [0, 0.1) is 6.92 Å². The Kier molecular flexibility index (Phi) is 6.45. The molecule has 0 unspecified atom stereocenters. The van der Waals surface area contributed by atoms with Crippen molar-refractivity contribution in [2.75, 3.05) is 37.8 Å². The monoisotopic (exact) mass is 353 g/mol. The molecule has 0 spiro atoms. The third kappa shape index (κ3) is 5.86. The Morgan fingerprint density at radius 1 is 1.13 bits per heavy atom. The highest BCUT2D eigenvalue weighted by Crippen LogP contribution is 2.27. The first-order valence-electron chi connectivity index (χ1n) is 7.40. The van der Waals surface area contributed by atoms with Crippen LogP contribution < -0.4 is 10.6 Å². The van der Waals surface area contributed by atoms with Crippen LogP contribution in [0.1, 0.15) is 12.1 Å². The Balaban J connectivity index is 2.06. The molecule has 1 aromatic heterocycles. The normalized spacial score (nSPS) is 10.9. The van der Waals surface area contributed by atoms with Gasteiger partial charge >= 0.3 is 0 Å². The number of hydrogen-bond donors (Lipinski definition) is 2. The molecule has 0 aliphatic heterocycles. The van der Waals surface area contributed by atoms with Gasteiger partial charge in [0, 0.05) is 23.3 Å². The first-order valence-corrected chi connectivity index (χ1v) is 8.16. The van der Waals surface area contributed by atoms with Crippen LogP contribution in [0.5, 0.6) is 0 Å². The summed E-state index contributed by atoms with van der Waals surface area (Å²) in [4.78, 5) is 11.0. The number of aromatic nitrogens is 2. The molecule has 0 amide bonds. The van der Waals surface area contributed by atoms with Crippen LogP contribution in [-0.2, 0) is 0 Å². The second-order valence-electron chi connectivity index (χ2n) is 5.55. The lowest BCUT2D eigenvalue weighted by Crippen LogP contribution is -2.17. The Labute approximate surface area is 147 Å². The Bertz CT molecular complexity index is 661. The number of anilines is 3. The fourth-order valence-corrected chi connectivity index (χ4v) is 2.38. The Morgan fingerprint density at radius 2 is 1.91 bits per heavy atom. The predicted molar refractivity (Wildman–Crippen MR) is 98.2 cm³/mol. The maximum Gasteiger partial charge on any atom is 0.229 e. The minimum atomic E-state index is 0.490. The van der Waals surface area contributed by atoms with Gasteiger partial charge in [0.15, 0.2) is 0 Å². The Morgan fingerprint density at radius 3 is 2.65 bits per heavy atom. The highest BCUT2D eigenvalue weighted by atomic mass is 35.5. The van der Waals surface area contributed by atoms with Gasteiger partial charge in [0.05, 0.1) is 10.7 Å². The highest BCUT2D eigenvalue weighted by Gasteiger charge is 2.06. The smallest absolute Gasteiger partial charge is 0.229 e. The zero-order valence-corrected chi connectivity index (χ0v) is 15.0. The Hall–Kier alpha value is -1.56. The third-order valence-corrected chi connectivity index (χ3v) is 3.68. The second kappa shape index (κ2) is 8.34. The highest BCUT2D eigenvalue weighted by molar-refractivity contribution is 6.35. The fourth-order valence-electron chi connectivity index (χ4n) is 2.04. The molecular weight excluding hydrogens is 333 g/mol. The molecule has 2 N–H and O–H groups in total. The first kappa shape index (κ1) is 17.8. The number of rotatable bonds is 7. The van der Waals surface area contributed by atoms with E-state index in [-0.39, 0.29) is 0 Å². The second-order valence-corrected chi connectivity index (χ2v) is 6.39. The number of halogens is 2. The van der Waals surface area contributed by atoms with E-state index in [1.54, 1.807) is 18.2 Å². The van der Waals surface area contributed by atoms with E-state index in [1.165, 1.54) is 0 Å². The quantitative estimate of drug-likeness (QED) is 0.730. The topological polar surface area (TPSA) is 53.1 Å². The van der Waals surface area contributed by atoms with E-state index in [4.69, 9.17) is 23.2 Å². The van der Waals surface area contributed by atoms with Gasteiger partial charge in [-0.05, 0) is 52.2 Å². The first-order chi connectivity index (χ1) is 10.9. The zero-order chi connectivity index (χ0) is 16.8. The van der Waals surface area contributed by atoms with Crippen molar-refractivity contribution in [3.05, 3.63) is 40.0 Å². The van der Waals surface area contributed by atoms with Gasteiger partial charge in [-0.2, -0.15) is 4.98 Å². The molecule has 0 saturated heterocycles. The minimum absolute atomic E-state index is 0.490. The summed E-state index contributed by atoms with van der Waals surface area (Å²) in [5.74, 6) is 1.28. The van der Waals surface area contributed by atoms with E-state index in [2.05, 4.69) is 39.6 Å². The summed E-state index contributed by atoms with van der Waals surface area (Å²) in [7, 11) is 4.12. The molecule has 0 aliphatic rings. The molecule has 0 bridgehead atoms. The van der Waals surface area contributed by atoms with E-state index in [9.17, 15) is 0 Å².